The highest BCUT2D eigenvalue weighted by Gasteiger charge is 2.35. The van der Waals surface area contributed by atoms with Gasteiger partial charge in [-0.25, -0.2) is 9.37 Å². The lowest BCUT2D eigenvalue weighted by atomic mass is 9.91. The summed E-state index contributed by atoms with van der Waals surface area (Å²) in [5.74, 6) is 0.350. The van der Waals surface area contributed by atoms with E-state index in [0.29, 0.717) is 18.0 Å². The fourth-order valence-electron chi connectivity index (χ4n) is 3.90. The Morgan fingerprint density at radius 3 is 2.66 bits per heavy atom. The fourth-order valence-corrected chi connectivity index (χ4v) is 4.82. The molecule has 2 atom stereocenters. The molecule has 0 saturated carbocycles. The highest BCUT2D eigenvalue weighted by Crippen LogP contribution is 2.33. The van der Waals surface area contributed by atoms with E-state index < -0.39 is 0 Å². The molecule has 3 aromatic rings. The smallest absolute Gasteiger partial charge is 0.316 e. The van der Waals surface area contributed by atoms with Crippen molar-refractivity contribution in [3.05, 3.63) is 53.2 Å². The molecule has 1 aliphatic rings. The molecule has 0 unspecified atom stereocenters. The summed E-state index contributed by atoms with van der Waals surface area (Å²) in [6.07, 6.45) is 5.00. The summed E-state index contributed by atoms with van der Waals surface area (Å²) in [5.41, 5.74) is 1.18. The molecule has 0 spiro atoms. The van der Waals surface area contributed by atoms with Gasteiger partial charge in [-0.1, -0.05) is 19.1 Å². The van der Waals surface area contributed by atoms with Crippen LogP contribution in [0.4, 0.5) is 4.39 Å². The number of piperidine rings is 1. The van der Waals surface area contributed by atoms with Gasteiger partial charge in [0.2, 0.25) is 0 Å². The van der Waals surface area contributed by atoms with Crippen molar-refractivity contribution < 1.29 is 18.7 Å². The number of ether oxygens (including phenoxy) is 2. The van der Waals surface area contributed by atoms with Gasteiger partial charge in [0, 0.05) is 6.54 Å². The molecule has 1 aliphatic heterocycles. The van der Waals surface area contributed by atoms with E-state index in [0.717, 1.165) is 28.3 Å². The molecule has 0 bridgehead atoms. The third-order valence-corrected chi connectivity index (χ3v) is 6.66. The molecule has 1 amide bonds. The second-order valence-electron chi connectivity index (χ2n) is 7.82. The van der Waals surface area contributed by atoms with Crippen molar-refractivity contribution in [1.29, 1.82) is 0 Å². The van der Waals surface area contributed by atoms with Gasteiger partial charge in [-0.3, -0.25) is 4.79 Å². The maximum Gasteiger partial charge on any atom is 0.316 e. The first-order valence-electron chi connectivity index (χ1n) is 10.5. The first-order chi connectivity index (χ1) is 15.5. The maximum absolute atomic E-state index is 13.6. The molecule has 4 rings (SSSR count). The number of aromatic nitrogens is 3. The van der Waals surface area contributed by atoms with E-state index in [2.05, 4.69) is 21.9 Å². The average molecular weight is 457 g/mol. The zero-order chi connectivity index (χ0) is 22.7. The molecule has 2 aromatic heterocycles. The quantitative estimate of drug-likeness (QED) is 0.548. The summed E-state index contributed by atoms with van der Waals surface area (Å²) in [7, 11) is 1.55. The third kappa shape index (κ3) is 4.72. The summed E-state index contributed by atoms with van der Waals surface area (Å²) in [6, 6.07) is 6.26. The van der Waals surface area contributed by atoms with Gasteiger partial charge in [0.1, 0.15) is 18.1 Å². The molecule has 3 heterocycles. The van der Waals surface area contributed by atoms with Crippen LogP contribution in [0.5, 0.6) is 11.8 Å². The van der Waals surface area contributed by atoms with E-state index in [9.17, 15) is 9.18 Å². The molecule has 1 fully saturated rings. The maximum atomic E-state index is 13.6. The van der Waals surface area contributed by atoms with Gasteiger partial charge in [-0.2, -0.15) is 9.97 Å². The molecular formula is C23H25FN4O3S. The van der Waals surface area contributed by atoms with Crippen molar-refractivity contribution in [3.63, 3.8) is 0 Å². The zero-order valence-electron chi connectivity index (χ0n) is 18.2. The first-order valence-corrected chi connectivity index (χ1v) is 11.3. The van der Waals surface area contributed by atoms with E-state index in [1.807, 2.05) is 11.8 Å². The summed E-state index contributed by atoms with van der Waals surface area (Å²) in [5, 5.41) is 0.789. The normalized spacial score (nSPS) is 18.4. The van der Waals surface area contributed by atoms with Gasteiger partial charge in [-0.05, 0) is 43.4 Å². The number of amides is 1. The van der Waals surface area contributed by atoms with E-state index in [1.54, 1.807) is 31.6 Å². The minimum absolute atomic E-state index is 0.134. The Labute approximate surface area is 190 Å². The number of hydrogen-bond acceptors (Lipinski definition) is 7. The van der Waals surface area contributed by atoms with Gasteiger partial charge in [0.15, 0.2) is 5.75 Å². The molecule has 0 aliphatic carbocycles. The molecule has 168 valence electrons. The molecule has 0 radical (unpaired) electrons. The van der Waals surface area contributed by atoms with Crippen molar-refractivity contribution in [2.45, 2.75) is 32.7 Å². The first kappa shape index (κ1) is 22.1. The summed E-state index contributed by atoms with van der Waals surface area (Å²) < 4.78 is 24.3. The Morgan fingerprint density at radius 1 is 1.25 bits per heavy atom. The number of thiazole rings is 1. The number of hydrogen-bond donors (Lipinski definition) is 0. The summed E-state index contributed by atoms with van der Waals surface area (Å²) in [6.45, 7) is 4.90. The van der Waals surface area contributed by atoms with E-state index >= 15 is 0 Å². The summed E-state index contributed by atoms with van der Waals surface area (Å²) in [4.78, 5) is 29.0. The van der Waals surface area contributed by atoms with Crippen LogP contribution in [0.1, 0.15) is 35.3 Å². The SMILES string of the molecule is COc1cnc(OC[C@H]2[C@@H](C)CCCN2C(=O)c2nc(C)sc2-c2ccc(F)cc2)nc1. The Morgan fingerprint density at radius 2 is 1.97 bits per heavy atom. The van der Waals surface area contributed by atoms with Gasteiger partial charge < -0.3 is 14.4 Å². The second-order valence-corrected chi connectivity index (χ2v) is 9.02. The number of carbonyl (C=O) groups excluding carboxylic acids is 1. The van der Waals surface area contributed by atoms with E-state index in [4.69, 9.17) is 9.47 Å². The number of nitrogens with zero attached hydrogens (tertiary/aromatic N) is 4. The molecule has 1 saturated heterocycles. The molecule has 0 N–H and O–H groups in total. The predicted octanol–water partition coefficient (Wildman–Crippen LogP) is 4.38. The van der Waals surface area contributed by atoms with Crippen LogP contribution < -0.4 is 9.47 Å². The lowest BCUT2D eigenvalue weighted by Crippen LogP contribution is -2.50. The number of halogens is 1. The van der Waals surface area contributed by atoms with Gasteiger partial charge >= 0.3 is 6.01 Å². The third-order valence-electron chi connectivity index (χ3n) is 5.64. The molecule has 1 aromatic carbocycles. The van der Waals surface area contributed by atoms with Gasteiger partial charge in [0.05, 0.1) is 35.4 Å². The number of aryl methyl sites for hydroxylation is 1. The highest BCUT2D eigenvalue weighted by atomic mass is 32.1. The average Bonchev–Trinajstić information content (AvgIpc) is 3.20. The van der Waals surface area contributed by atoms with Crippen molar-refractivity contribution >= 4 is 17.2 Å². The Bertz CT molecular complexity index is 1070. The van der Waals surface area contributed by atoms with Crippen LogP contribution >= 0.6 is 11.3 Å². The van der Waals surface area contributed by atoms with Crippen molar-refractivity contribution in [2.24, 2.45) is 5.92 Å². The van der Waals surface area contributed by atoms with Crippen LogP contribution in [0.2, 0.25) is 0 Å². The zero-order valence-corrected chi connectivity index (χ0v) is 19.1. The standard InChI is InChI=1S/C23H25FN4O3S/c1-14-5-4-10-28(19(14)13-31-23-25-11-18(30-3)12-26-23)22(29)20-21(32-15(2)27-20)16-6-8-17(24)9-7-16/h6-9,11-12,14,19H,4-5,10,13H2,1-3H3/t14-,19-/m0/s1. The predicted molar refractivity (Wildman–Crippen MR) is 120 cm³/mol. The van der Waals surface area contributed by atoms with Crippen LogP contribution in [0.3, 0.4) is 0 Å². The number of rotatable bonds is 6. The van der Waals surface area contributed by atoms with Crippen LogP contribution in [-0.2, 0) is 0 Å². The van der Waals surface area contributed by atoms with Crippen molar-refractivity contribution in [3.8, 4) is 22.2 Å². The Hall–Kier alpha value is -3.07. The Kier molecular flexibility index (Phi) is 6.64. The van der Waals surface area contributed by atoms with Crippen LogP contribution in [0.15, 0.2) is 36.7 Å². The largest absolute Gasteiger partial charge is 0.494 e. The monoisotopic (exact) mass is 456 g/mol. The van der Waals surface area contributed by atoms with Crippen molar-refractivity contribution in [1.82, 2.24) is 19.9 Å². The number of methoxy groups -OCH3 is 1. The molecule has 7 nitrogen and oxygen atoms in total. The van der Waals surface area contributed by atoms with Crippen LogP contribution in [-0.4, -0.2) is 52.1 Å². The van der Waals surface area contributed by atoms with E-state index in [-0.39, 0.29) is 36.3 Å². The molecule has 32 heavy (non-hydrogen) atoms. The van der Waals surface area contributed by atoms with Gasteiger partial charge in [0.25, 0.3) is 5.91 Å². The number of benzene rings is 1. The minimum Gasteiger partial charge on any atom is -0.494 e. The van der Waals surface area contributed by atoms with E-state index in [1.165, 1.54) is 23.5 Å². The number of carbonyl (C=O) groups is 1. The van der Waals surface area contributed by atoms with Gasteiger partial charge in [-0.15, -0.1) is 11.3 Å². The van der Waals surface area contributed by atoms with Crippen molar-refractivity contribution in [2.75, 3.05) is 20.3 Å². The highest BCUT2D eigenvalue weighted by molar-refractivity contribution is 7.15. The topological polar surface area (TPSA) is 77.4 Å². The number of likely N-dealkylation sites (tertiary alicyclic amines) is 1. The Balaban J connectivity index is 1.56. The fraction of sp³-hybridized carbons (Fsp3) is 0.391. The summed E-state index contributed by atoms with van der Waals surface area (Å²) >= 11 is 1.44. The lowest BCUT2D eigenvalue weighted by molar-refractivity contribution is 0.0377. The van der Waals surface area contributed by atoms with Crippen LogP contribution in [0, 0.1) is 18.7 Å². The molecular weight excluding hydrogens is 431 g/mol. The second kappa shape index (κ2) is 9.60. The minimum atomic E-state index is -0.314. The lowest BCUT2D eigenvalue weighted by Gasteiger charge is -2.39. The molecule has 9 heteroatoms. The van der Waals surface area contributed by atoms with Crippen LogP contribution in [0.25, 0.3) is 10.4 Å².